The Bertz CT molecular complexity index is 1590. The third kappa shape index (κ3) is 3.47. The highest BCUT2D eigenvalue weighted by Crippen LogP contribution is 2.45. The molecule has 184 valence electrons. The summed E-state index contributed by atoms with van der Waals surface area (Å²) in [6.07, 6.45) is 42.9. The molecule has 0 aromatic rings. The molecule has 0 aromatic carbocycles. The van der Waals surface area contributed by atoms with Gasteiger partial charge in [0, 0.05) is 22.3 Å². The van der Waals surface area contributed by atoms with Gasteiger partial charge in [-0.15, -0.1) is 0 Å². The van der Waals surface area contributed by atoms with Crippen molar-refractivity contribution in [3.63, 3.8) is 0 Å². The smallest absolute Gasteiger partial charge is 0.152 e. The van der Waals surface area contributed by atoms with Crippen molar-refractivity contribution in [2.45, 2.75) is 0 Å². The average Bonchev–Trinajstić information content (AvgIpc) is 3.75. The number of allylic oxidation sites excluding steroid dienone is 24. The molecule has 0 amide bonds. The first-order chi connectivity index (χ1) is 19.2. The number of rotatable bonds is 4. The van der Waals surface area contributed by atoms with Gasteiger partial charge < -0.3 is 0 Å². The van der Waals surface area contributed by atoms with E-state index in [1.165, 1.54) is 56.3 Å². The van der Waals surface area contributed by atoms with Gasteiger partial charge in [-0.05, 0) is 58.4 Å². The van der Waals surface area contributed by atoms with Gasteiger partial charge in [0.1, 0.15) is 0 Å². The summed E-state index contributed by atoms with van der Waals surface area (Å²) in [5.74, 6) is 0. The van der Waals surface area contributed by atoms with E-state index in [2.05, 4.69) is 131 Å². The van der Waals surface area contributed by atoms with Crippen LogP contribution in [0.25, 0.3) is 0 Å². The molecule has 5 heteroatoms. The average molecular weight is 553 g/mol. The number of thioether (sulfide) groups is 1. The van der Waals surface area contributed by atoms with Crippen molar-refractivity contribution in [1.82, 2.24) is 9.80 Å². The first kappa shape index (κ1) is 22.9. The summed E-state index contributed by atoms with van der Waals surface area (Å²) in [6.45, 7) is 0. The van der Waals surface area contributed by atoms with Crippen LogP contribution in [-0.2, 0) is 0 Å². The summed E-state index contributed by atoms with van der Waals surface area (Å²) in [5, 5.41) is 0. The molecule has 2 nitrogen and oxygen atoms in total. The highest BCUT2D eigenvalue weighted by Gasteiger charge is 2.35. The van der Waals surface area contributed by atoms with Crippen molar-refractivity contribution in [2.75, 3.05) is 0 Å². The minimum Gasteiger partial charge on any atom is -0.294 e. The zero-order valence-electron chi connectivity index (χ0n) is 20.7. The van der Waals surface area contributed by atoms with Crippen LogP contribution < -0.4 is 0 Å². The Balaban J connectivity index is 1.14. The molecule has 0 heterocycles. The van der Waals surface area contributed by atoms with Crippen LogP contribution in [0.1, 0.15) is 0 Å². The first-order valence-electron chi connectivity index (χ1n) is 12.8. The maximum absolute atomic E-state index is 6.23. The lowest BCUT2D eigenvalue weighted by Crippen LogP contribution is -2.32. The second-order valence-corrected chi connectivity index (χ2v) is 12.0. The summed E-state index contributed by atoms with van der Waals surface area (Å²) in [6, 6.07) is 0. The lowest BCUT2D eigenvalue weighted by molar-refractivity contribution is 0.681. The number of thiocarbonyl (C=S) groups is 2. The van der Waals surface area contributed by atoms with Crippen LogP contribution >= 0.6 is 36.2 Å². The third-order valence-corrected chi connectivity index (χ3v) is 9.27. The van der Waals surface area contributed by atoms with Crippen LogP contribution in [-0.4, -0.2) is 18.4 Å². The summed E-state index contributed by atoms with van der Waals surface area (Å²) >= 11 is 13.9. The van der Waals surface area contributed by atoms with E-state index in [-0.39, 0.29) is 0 Å². The molecule has 8 rings (SSSR count). The molecular weight excluding hydrogens is 533 g/mol. The molecular formula is C34H20N2S3. The van der Waals surface area contributed by atoms with Crippen LogP contribution in [0.4, 0.5) is 0 Å². The maximum Gasteiger partial charge on any atom is 0.152 e. The van der Waals surface area contributed by atoms with Gasteiger partial charge >= 0.3 is 0 Å². The van der Waals surface area contributed by atoms with Gasteiger partial charge in [-0.1, -0.05) is 122 Å². The van der Waals surface area contributed by atoms with E-state index in [0.29, 0.717) is 8.64 Å². The van der Waals surface area contributed by atoms with Crippen molar-refractivity contribution < 1.29 is 0 Å². The molecule has 0 spiro atoms. The topological polar surface area (TPSA) is 6.48 Å². The van der Waals surface area contributed by atoms with E-state index < -0.39 is 0 Å². The van der Waals surface area contributed by atoms with Crippen LogP contribution in [0.2, 0.25) is 0 Å². The van der Waals surface area contributed by atoms with Gasteiger partial charge in [0.05, 0.1) is 22.8 Å². The second-order valence-electron chi connectivity index (χ2n) is 9.76. The summed E-state index contributed by atoms with van der Waals surface area (Å²) in [5.41, 5.74) is 13.9. The standard InChI is InChI=1S/C34H20N2S3/c37-33(35(29-17-13-21-5-1-9-25(21)29)30-18-14-22-6-2-10-26(22)30)39-34(38)36(31-19-15-23-7-3-11-27(23)31)32-20-16-24-8-4-12-28(24)32/h1-20H. The first-order valence-corrected chi connectivity index (χ1v) is 14.4. The zero-order chi connectivity index (χ0) is 26.1. The number of fused-ring (bicyclic) bond motifs is 4. The third-order valence-electron chi connectivity index (χ3n) is 7.69. The minimum absolute atomic E-state index is 0.697. The van der Waals surface area contributed by atoms with Crippen molar-refractivity contribution >= 4 is 44.8 Å². The molecule has 8 aliphatic rings. The molecule has 8 aliphatic carbocycles. The van der Waals surface area contributed by atoms with Crippen LogP contribution in [0, 0.1) is 0 Å². The van der Waals surface area contributed by atoms with Crippen molar-refractivity contribution in [1.29, 1.82) is 0 Å². The molecule has 0 fully saturated rings. The second kappa shape index (κ2) is 8.75. The fraction of sp³-hybridized carbons (Fsp3) is 0. The van der Waals surface area contributed by atoms with Gasteiger partial charge in [0.15, 0.2) is 8.64 Å². The van der Waals surface area contributed by atoms with Gasteiger partial charge in [0.2, 0.25) is 0 Å². The van der Waals surface area contributed by atoms with Crippen LogP contribution in [0.3, 0.4) is 0 Å². The van der Waals surface area contributed by atoms with Gasteiger partial charge in [-0.3, -0.25) is 9.80 Å². The number of nitrogens with zero attached hydrogens (tertiary/aromatic N) is 2. The molecule has 0 saturated carbocycles. The Morgan fingerprint density at radius 2 is 0.692 bits per heavy atom. The molecule has 0 unspecified atom stereocenters. The highest BCUT2D eigenvalue weighted by atomic mass is 32.2. The van der Waals surface area contributed by atoms with E-state index in [1.54, 1.807) is 0 Å². The number of hydrogen-bond acceptors (Lipinski definition) is 3. The molecule has 39 heavy (non-hydrogen) atoms. The Hall–Kier alpha value is -4.03. The monoisotopic (exact) mass is 552 g/mol. The normalized spacial score (nSPS) is 21.5. The largest absolute Gasteiger partial charge is 0.294 e. The molecule has 0 saturated heterocycles. The fourth-order valence-electron chi connectivity index (χ4n) is 5.88. The van der Waals surface area contributed by atoms with Crippen LogP contribution in [0.5, 0.6) is 0 Å². The predicted octanol–water partition coefficient (Wildman–Crippen LogP) is 8.17. The van der Waals surface area contributed by atoms with Crippen molar-refractivity contribution in [3.05, 3.63) is 189 Å². The molecule has 0 bridgehead atoms. The molecule has 0 radical (unpaired) electrons. The minimum atomic E-state index is 0.697. The lowest BCUT2D eigenvalue weighted by Gasteiger charge is -2.33. The Labute approximate surface area is 242 Å². The fourth-order valence-corrected chi connectivity index (χ4v) is 7.63. The number of hydrogen-bond donors (Lipinski definition) is 0. The van der Waals surface area contributed by atoms with E-state index >= 15 is 0 Å². The highest BCUT2D eigenvalue weighted by molar-refractivity contribution is 8.37. The Morgan fingerprint density at radius 1 is 0.410 bits per heavy atom. The van der Waals surface area contributed by atoms with E-state index in [4.69, 9.17) is 24.4 Å². The molecule has 0 N–H and O–H groups in total. The Kier molecular flexibility index (Phi) is 5.14. The molecule has 0 aliphatic heterocycles. The van der Waals surface area contributed by atoms with E-state index in [0.717, 1.165) is 22.8 Å². The van der Waals surface area contributed by atoms with Gasteiger partial charge in [0.25, 0.3) is 0 Å². The molecule has 0 atom stereocenters. The van der Waals surface area contributed by atoms with E-state index in [1.807, 2.05) is 0 Å². The quantitative estimate of drug-likeness (QED) is 0.324. The Morgan fingerprint density at radius 3 is 0.974 bits per heavy atom. The van der Waals surface area contributed by atoms with E-state index in [9.17, 15) is 0 Å². The summed E-state index contributed by atoms with van der Waals surface area (Å²) in [4.78, 5) is 4.39. The lowest BCUT2D eigenvalue weighted by atomic mass is 10.1. The summed E-state index contributed by atoms with van der Waals surface area (Å²) < 4.78 is 1.39. The predicted molar refractivity (Wildman–Crippen MR) is 170 cm³/mol. The van der Waals surface area contributed by atoms with Crippen molar-refractivity contribution in [2.24, 2.45) is 0 Å². The van der Waals surface area contributed by atoms with Gasteiger partial charge in [-0.2, -0.15) is 0 Å². The zero-order valence-corrected chi connectivity index (χ0v) is 23.1. The SMILES string of the molecule is S=C(SC(=S)N(C1=CC=C2C=CC=C21)C1=CC=C2C=CC=C21)N(C1=CC=C2C=CC=C21)C1=CC=C2C=CC=C21. The van der Waals surface area contributed by atoms with Crippen LogP contribution in [0.15, 0.2) is 189 Å². The molecule has 0 aromatic heterocycles. The van der Waals surface area contributed by atoms with Gasteiger partial charge in [-0.25, -0.2) is 0 Å². The summed E-state index contributed by atoms with van der Waals surface area (Å²) in [7, 11) is 0. The van der Waals surface area contributed by atoms with Crippen molar-refractivity contribution in [3.8, 4) is 0 Å². The maximum atomic E-state index is 6.23.